The van der Waals surface area contributed by atoms with Crippen LogP contribution in [0.1, 0.15) is 32.9 Å². The van der Waals surface area contributed by atoms with Crippen LogP contribution in [0.15, 0.2) is 18.3 Å². The largest absolute Gasteiger partial charge is 0.399 e. The molecule has 1 rings (SSSR count). The Labute approximate surface area is 91.7 Å². The van der Waals surface area contributed by atoms with Gasteiger partial charge >= 0.3 is 0 Å². The van der Waals surface area contributed by atoms with Gasteiger partial charge in [-0.25, -0.2) is 0 Å². The van der Waals surface area contributed by atoms with Gasteiger partial charge in [0.25, 0.3) is 0 Å². The van der Waals surface area contributed by atoms with E-state index in [4.69, 9.17) is 10.5 Å². The maximum atomic E-state index is 5.64. The van der Waals surface area contributed by atoms with E-state index in [-0.39, 0.29) is 0 Å². The van der Waals surface area contributed by atoms with Crippen molar-refractivity contribution in [1.82, 2.24) is 4.98 Å². The fourth-order valence-electron chi connectivity index (χ4n) is 1.13. The van der Waals surface area contributed by atoms with E-state index in [9.17, 15) is 0 Å². The molecule has 1 aromatic heterocycles. The SMILES string of the molecule is CC(C)(C)CCOCc1cc(N)ccn1. The number of aromatic nitrogens is 1. The zero-order valence-electron chi connectivity index (χ0n) is 9.79. The normalized spacial score (nSPS) is 11.7. The Kier molecular flexibility index (Phi) is 4.09. The van der Waals surface area contributed by atoms with E-state index in [0.29, 0.717) is 12.0 Å². The van der Waals surface area contributed by atoms with Gasteiger partial charge in [-0.15, -0.1) is 0 Å². The molecule has 3 nitrogen and oxygen atoms in total. The Balaban J connectivity index is 2.26. The Morgan fingerprint density at radius 2 is 2.13 bits per heavy atom. The Morgan fingerprint density at radius 3 is 2.73 bits per heavy atom. The average molecular weight is 208 g/mol. The highest BCUT2D eigenvalue weighted by molar-refractivity contribution is 5.36. The minimum atomic E-state index is 0.323. The zero-order valence-corrected chi connectivity index (χ0v) is 9.79. The minimum Gasteiger partial charge on any atom is -0.399 e. The van der Waals surface area contributed by atoms with E-state index >= 15 is 0 Å². The lowest BCUT2D eigenvalue weighted by molar-refractivity contribution is 0.0941. The van der Waals surface area contributed by atoms with Crippen molar-refractivity contribution in [2.75, 3.05) is 12.3 Å². The highest BCUT2D eigenvalue weighted by Crippen LogP contribution is 2.18. The molecule has 0 spiro atoms. The smallest absolute Gasteiger partial charge is 0.0888 e. The van der Waals surface area contributed by atoms with E-state index in [1.54, 1.807) is 12.3 Å². The van der Waals surface area contributed by atoms with Crippen molar-refractivity contribution in [3.05, 3.63) is 24.0 Å². The van der Waals surface area contributed by atoms with Crippen LogP contribution in [0.25, 0.3) is 0 Å². The minimum absolute atomic E-state index is 0.323. The maximum Gasteiger partial charge on any atom is 0.0888 e. The van der Waals surface area contributed by atoms with Gasteiger partial charge in [-0.3, -0.25) is 4.98 Å². The lowest BCUT2D eigenvalue weighted by Crippen LogP contribution is -2.09. The second-order valence-corrected chi connectivity index (χ2v) is 4.94. The van der Waals surface area contributed by atoms with E-state index in [2.05, 4.69) is 25.8 Å². The van der Waals surface area contributed by atoms with Gasteiger partial charge in [0, 0.05) is 18.5 Å². The molecule has 0 saturated carbocycles. The number of nitrogen functional groups attached to an aromatic ring is 1. The van der Waals surface area contributed by atoms with Crippen LogP contribution < -0.4 is 5.73 Å². The van der Waals surface area contributed by atoms with Gasteiger partial charge in [-0.1, -0.05) is 20.8 Å². The molecule has 0 radical (unpaired) electrons. The highest BCUT2D eigenvalue weighted by Gasteiger charge is 2.09. The van der Waals surface area contributed by atoms with Crippen LogP contribution >= 0.6 is 0 Å². The fraction of sp³-hybridized carbons (Fsp3) is 0.583. The Hall–Kier alpha value is -1.09. The lowest BCUT2D eigenvalue weighted by atomic mass is 9.93. The first-order chi connectivity index (χ1) is 6.97. The summed E-state index contributed by atoms with van der Waals surface area (Å²) in [4.78, 5) is 4.17. The van der Waals surface area contributed by atoms with E-state index < -0.39 is 0 Å². The van der Waals surface area contributed by atoms with E-state index in [1.165, 1.54) is 0 Å². The zero-order chi connectivity index (χ0) is 11.3. The molecule has 0 aliphatic rings. The summed E-state index contributed by atoms with van der Waals surface area (Å²) >= 11 is 0. The summed E-state index contributed by atoms with van der Waals surface area (Å²) < 4.78 is 5.53. The molecular formula is C12H20N2O. The van der Waals surface area contributed by atoms with Gasteiger partial charge in [0.15, 0.2) is 0 Å². The van der Waals surface area contributed by atoms with Crippen molar-refractivity contribution in [2.45, 2.75) is 33.8 Å². The van der Waals surface area contributed by atoms with Crippen LogP contribution in [-0.4, -0.2) is 11.6 Å². The number of nitrogens with two attached hydrogens (primary N) is 1. The van der Waals surface area contributed by atoms with E-state index in [0.717, 1.165) is 24.4 Å². The lowest BCUT2D eigenvalue weighted by Gasteiger charge is -2.17. The summed E-state index contributed by atoms with van der Waals surface area (Å²) in [6.45, 7) is 7.92. The Morgan fingerprint density at radius 1 is 1.40 bits per heavy atom. The predicted octanol–water partition coefficient (Wildman–Crippen LogP) is 2.62. The number of nitrogens with zero attached hydrogens (tertiary/aromatic N) is 1. The van der Waals surface area contributed by atoms with Crippen LogP contribution in [-0.2, 0) is 11.3 Å². The van der Waals surface area contributed by atoms with Gasteiger partial charge in [0.05, 0.1) is 12.3 Å². The number of rotatable bonds is 4. The average Bonchev–Trinajstić information content (AvgIpc) is 2.11. The topological polar surface area (TPSA) is 48.1 Å². The predicted molar refractivity (Wildman–Crippen MR) is 62.4 cm³/mol. The van der Waals surface area contributed by atoms with Gasteiger partial charge in [-0.05, 0) is 24.0 Å². The van der Waals surface area contributed by atoms with Crippen LogP contribution in [0, 0.1) is 5.41 Å². The van der Waals surface area contributed by atoms with Crippen LogP contribution in [0.2, 0.25) is 0 Å². The van der Waals surface area contributed by atoms with Gasteiger partial charge in [0.1, 0.15) is 0 Å². The first-order valence-electron chi connectivity index (χ1n) is 5.25. The summed E-state index contributed by atoms with van der Waals surface area (Å²) in [6.07, 6.45) is 2.76. The Bertz CT molecular complexity index is 305. The molecule has 1 heterocycles. The molecule has 1 aromatic rings. The molecule has 0 aliphatic carbocycles. The highest BCUT2D eigenvalue weighted by atomic mass is 16.5. The number of hydrogen-bond donors (Lipinski definition) is 1. The second-order valence-electron chi connectivity index (χ2n) is 4.94. The third kappa shape index (κ3) is 5.37. The van der Waals surface area contributed by atoms with Gasteiger partial charge < -0.3 is 10.5 Å². The summed E-state index contributed by atoms with van der Waals surface area (Å²) in [5, 5.41) is 0. The van der Waals surface area contributed by atoms with Crippen LogP contribution in [0.3, 0.4) is 0 Å². The van der Waals surface area contributed by atoms with Crippen molar-refractivity contribution < 1.29 is 4.74 Å². The molecule has 0 amide bonds. The second kappa shape index (κ2) is 5.12. The molecule has 3 heteroatoms. The molecule has 0 bridgehead atoms. The molecule has 0 saturated heterocycles. The van der Waals surface area contributed by atoms with Crippen LogP contribution in [0.4, 0.5) is 5.69 Å². The van der Waals surface area contributed by atoms with E-state index in [1.807, 2.05) is 6.07 Å². The molecule has 15 heavy (non-hydrogen) atoms. The molecule has 0 unspecified atom stereocenters. The third-order valence-electron chi connectivity index (χ3n) is 2.09. The van der Waals surface area contributed by atoms with Gasteiger partial charge in [0.2, 0.25) is 0 Å². The monoisotopic (exact) mass is 208 g/mol. The molecular weight excluding hydrogens is 188 g/mol. The number of anilines is 1. The molecule has 0 aromatic carbocycles. The fourth-order valence-corrected chi connectivity index (χ4v) is 1.13. The molecule has 84 valence electrons. The van der Waals surface area contributed by atoms with Crippen molar-refractivity contribution in [2.24, 2.45) is 5.41 Å². The number of pyridine rings is 1. The summed E-state index contributed by atoms with van der Waals surface area (Å²) in [5.41, 5.74) is 7.59. The maximum absolute atomic E-state index is 5.64. The number of hydrogen-bond acceptors (Lipinski definition) is 3. The van der Waals surface area contributed by atoms with Crippen molar-refractivity contribution >= 4 is 5.69 Å². The van der Waals surface area contributed by atoms with Crippen molar-refractivity contribution in [3.8, 4) is 0 Å². The third-order valence-corrected chi connectivity index (χ3v) is 2.09. The quantitative estimate of drug-likeness (QED) is 0.774. The number of ether oxygens (including phenoxy) is 1. The van der Waals surface area contributed by atoms with Crippen LogP contribution in [0.5, 0.6) is 0 Å². The van der Waals surface area contributed by atoms with Gasteiger partial charge in [-0.2, -0.15) is 0 Å². The molecule has 2 N–H and O–H groups in total. The first-order valence-corrected chi connectivity index (χ1v) is 5.25. The molecule has 0 aliphatic heterocycles. The summed E-state index contributed by atoms with van der Waals surface area (Å²) in [5.74, 6) is 0. The summed E-state index contributed by atoms with van der Waals surface area (Å²) in [6, 6.07) is 3.62. The van der Waals surface area contributed by atoms with Crippen molar-refractivity contribution in [3.63, 3.8) is 0 Å². The molecule has 0 atom stereocenters. The standard InChI is InChI=1S/C12H20N2O/c1-12(2,3)5-7-15-9-11-8-10(13)4-6-14-11/h4,6,8H,5,7,9H2,1-3H3,(H2,13,14). The first kappa shape index (κ1) is 12.0. The molecule has 0 fully saturated rings. The summed E-state index contributed by atoms with van der Waals surface area (Å²) in [7, 11) is 0. The van der Waals surface area contributed by atoms with Crippen molar-refractivity contribution in [1.29, 1.82) is 0 Å².